The highest BCUT2D eigenvalue weighted by molar-refractivity contribution is 5.30. The third kappa shape index (κ3) is 4.80. The maximum atomic E-state index is 5.39. The van der Waals surface area contributed by atoms with Gasteiger partial charge in [0.25, 0.3) is 0 Å². The average molecular weight is 302 g/mol. The molecule has 1 aromatic rings. The highest BCUT2D eigenvalue weighted by Gasteiger charge is 2.17. The SMILES string of the molecule is c1ccc2c(c1)CCC(NCCCCCN1CCOCC1)C2. The number of unbranched alkanes of at least 4 members (excludes halogenated alkanes) is 2. The fourth-order valence-electron chi connectivity index (χ4n) is 3.64. The molecule has 1 fully saturated rings. The molecule has 0 amide bonds. The van der Waals surface area contributed by atoms with Crippen LogP contribution in [0.4, 0.5) is 0 Å². The molecule has 2 aliphatic rings. The molecule has 0 aromatic heterocycles. The topological polar surface area (TPSA) is 24.5 Å². The van der Waals surface area contributed by atoms with Crippen molar-refractivity contribution in [3.63, 3.8) is 0 Å². The fraction of sp³-hybridized carbons (Fsp3) is 0.684. The van der Waals surface area contributed by atoms with Crippen LogP contribution in [0.1, 0.15) is 36.8 Å². The number of ether oxygens (including phenoxy) is 1. The van der Waals surface area contributed by atoms with Gasteiger partial charge >= 0.3 is 0 Å². The van der Waals surface area contributed by atoms with E-state index in [4.69, 9.17) is 4.74 Å². The lowest BCUT2D eigenvalue weighted by Gasteiger charge is -2.27. The van der Waals surface area contributed by atoms with Crippen LogP contribution in [0.5, 0.6) is 0 Å². The Morgan fingerprint density at radius 2 is 1.86 bits per heavy atom. The molecule has 122 valence electrons. The number of morpholine rings is 1. The Morgan fingerprint density at radius 1 is 1.05 bits per heavy atom. The summed E-state index contributed by atoms with van der Waals surface area (Å²) in [6, 6.07) is 9.62. The first-order valence-electron chi connectivity index (χ1n) is 9.02. The first-order valence-corrected chi connectivity index (χ1v) is 9.02. The quantitative estimate of drug-likeness (QED) is 0.784. The average Bonchev–Trinajstić information content (AvgIpc) is 2.59. The molecule has 1 atom stereocenters. The van der Waals surface area contributed by atoms with Crippen LogP contribution in [0.3, 0.4) is 0 Å². The van der Waals surface area contributed by atoms with Gasteiger partial charge in [-0.05, 0) is 56.3 Å². The molecule has 1 N–H and O–H groups in total. The van der Waals surface area contributed by atoms with Crippen molar-refractivity contribution >= 4 is 0 Å². The smallest absolute Gasteiger partial charge is 0.0594 e. The number of fused-ring (bicyclic) bond motifs is 1. The predicted octanol–water partition coefficient (Wildman–Crippen LogP) is 2.64. The molecule has 0 bridgehead atoms. The van der Waals surface area contributed by atoms with E-state index < -0.39 is 0 Å². The second kappa shape index (κ2) is 8.66. The van der Waals surface area contributed by atoms with Crippen LogP contribution < -0.4 is 5.32 Å². The summed E-state index contributed by atoms with van der Waals surface area (Å²) in [4.78, 5) is 2.54. The van der Waals surface area contributed by atoms with E-state index in [9.17, 15) is 0 Å². The van der Waals surface area contributed by atoms with E-state index in [2.05, 4.69) is 34.5 Å². The largest absolute Gasteiger partial charge is 0.379 e. The maximum absolute atomic E-state index is 5.39. The summed E-state index contributed by atoms with van der Waals surface area (Å²) >= 11 is 0. The molecule has 3 nitrogen and oxygen atoms in total. The van der Waals surface area contributed by atoms with Gasteiger partial charge in [0, 0.05) is 19.1 Å². The fourth-order valence-corrected chi connectivity index (χ4v) is 3.64. The molecule has 1 aliphatic heterocycles. The van der Waals surface area contributed by atoms with Gasteiger partial charge in [0.2, 0.25) is 0 Å². The monoisotopic (exact) mass is 302 g/mol. The van der Waals surface area contributed by atoms with Gasteiger partial charge in [-0.1, -0.05) is 30.7 Å². The number of benzene rings is 1. The molecule has 0 radical (unpaired) electrons. The molecule has 1 saturated heterocycles. The molecule has 0 spiro atoms. The first-order chi connectivity index (χ1) is 10.9. The van der Waals surface area contributed by atoms with Crippen LogP contribution in [0, 0.1) is 0 Å². The van der Waals surface area contributed by atoms with Gasteiger partial charge < -0.3 is 10.1 Å². The van der Waals surface area contributed by atoms with Gasteiger partial charge in [0.05, 0.1) is 13.2 Å². The molecule has 0 saturated carbocycles. The molecule has 1 heterocycles. The van der Waals surface area contributed by atoms with E-state index in [1.165, 1.54) is 51.6 Å². The van der Waals surface area contributed by atoms with Crippen LogP contribution in [-0.4, -0.2) is 50.3 Å². The zero-order valence-electron chi connectivity index (χ0n) is 13.7. The molecule has 1 aliphatic carbocycles. The standard InChI is InChI=1S/C19H30N2O/c1(5-11-21-12-14-22-15-13-21)4-10-20-19-9-8-17-6-2-3-7-18(17)16-19/h2-3,6-7,19-20H,1,4-5,8-16H2. The van der Waals surface area contributed by atoms with Gasteiger partial charge in [-0.3, -0.25) is 4.90 Å². The van der Waals surface area contributed by atoms with E-state index in [1.54, 1.807) is 11.1 Å². The number of aryl methyl sites for hydroxylation is 1. The Morgan fingerprint density at radius 3 is 2.73 bits per heavy atom. The minimum atomic E-state index is 0.689. The Kier molecular flexibility index (Phi) is 6.29. The Balaban J connectivity index is 1.25. The second-order valence-corrected chi connectivity index (χ2v) is 6.68. The van der Waals surface area contributed by atoms with Crippen molar-refractivity contribution in [1.82, 2.24) is 10.2 Å². The van der Waals surface area contributed by atoms with Crippen LogP contribution in [0.2, 0.25) is 0 Å². The molecular formula is C19H30N2O. The number of hydrogen-bond acceptors (Lipinski definition) is 3. The zero-order valence-corrected chi connectivity index (χ0v) is 13.7. The highest BCUT2D eigenvalue weighted by Crippen LogP contribution is 2.20. The van der Waals surface area contributed by atoms with Crippen molar-refractivity contribution < 1.29 is 4.74 Å². The normalized spacial score (nSPS) is 22.5. The van der Waals surface area contributed by atoms with Crippen molar-refractivity contribution in [3.8, 4) is 0 Å². The lowest BCUT2D eigenvalue weighted by Crippen LogP contribution is -2.37. The minimum Gasteiger partial charge on any atom is -0.379 e. The van der Waals surface area contributed by atoms with Crippen LogP contribution in [0.25, 0.3) is 0 Å². The van der Waals surface area contributed by atoms with Crippen molar-refractivity contribution in [2.75, 3.05) is 39.4 Å². The molecule has 3 heteroatoms. The van der Waals surface area contributed by atoms with Gasteiger partial charge in [0.1, 0.15) is 0 Å². The summed E-state index contributed by atoms with van der Waals surface area (Å²) in [5.41, 5.74) is 3.12. The number of nitrogens with one attached hydrogen (secondary N) is 1. The summed E-state index contributed by atoms with van der Waals surface area (Å²) in [6.45, 7) is 6.52. The molecule has 22 heavy (non-hydrogen) atoms. The Hall–Kier alpha value is -0.900. The third-order valence-electron chi connectivity index (χ3n) is 5.03. The van der Waals surface area contributed by atoms with Crippen LogP contribution in [0.15, 0.2) is 24.3 Å². The summed E-state index contributed by atoms with van der Waals surface area (Å²) in [5.74, 6) is 0. The minimum absolute atomic E-state index is 0.689. The molecular weight excluding hydrogens is 272 g/mol. The van der Waals surface area contributed by atoms with Crippen molar-refractivity contribution in [3.05, 3.63) is 35.4 Å². The molecule has 3 rings (SSSR count). The van der Waals surface area contributed by atoms with Gasteiger partial charge in [-0.2, -0.15) is 0 Å². The summed E-state index contributed by atoms with van der Waals surface area (Å²) in [7, 11) is 0. The van der Waals surface area contributed by atoms with E-state index in [-0.39, 0.29) is 0 Å². The van der Waals surface area contributed by atoms with Crippen LogP contribution >= 0.6 is 0 Å². The number of rotatable bonds is 7. The lowest BCUT2D eigenvalue weighted by molar-refractivity contribution is 0.0371. The summed E-state index contributed by atoms with van der Waals surface area (Å²) in [5, 5.41) is 3.77. The second-order valence-electron chi connectivity index (χ2n) is 6.68. The van der Waals surface area contributed by atoms with Crippen molar-refractivity contribution in [2.45, 2.75) is 44.6 Å². The van der Waals surface area contributed by atoms with E-state index in [0.29, 0.717) is 6.04 Å². The Bertz CT molecular complexity index is 443. The third-order valence-corrected chi connectivity index (χ3v) is 5.03. The van der Waals surface area contributed by atoms with E-state index in [0.717, 1.165) is 26.3 Å². The van der Waals surface area contributed by atoms with Gasteiger partial charge in [0.15, 0.2) is 0 Å². The molecule has 1 unspecified atom stereocenters. The number of nitrogens with zero attached hydrogens (tertiary/aromatic N) is 1. The highest BCUT2D eigenvalue weighted by atomic mass is 16.5. The number of hydrogen-bond donors (Lipinski definition) is 1. The first kappa shape index (κ1) is 16.0. The zero-order chi connectivity index (χ0) is 15.0. The Labute approximate surface area is 135 Å². The maximum Gasteiger partial charge on any atom is 0.0594 e. The predicted molar refractivity (Wildman–Crippen MR) is 91.4 cm³/mol. The summed E-state index contributed by atoms with van der Waals surface area (Å²) < 4.78 is 5.39. The van der Waals surface area contributed by atoms with Crippen LogP contribution in [-0.2, 0) is 17.6 Å². The van der Waals surface area contributed by atoms with E-state index in [1.807, 2.05) is 0 Å². The van der Waals surface area contributed by atoms with Crippen molar-refractivity contribution in [1.29, 1.82) is 0 Å². The van der Waals surface area contributed by atoms with Gasteiger partial charge in [-0.25, -0.2) is 0 Å². The lowest BCUT2D eigenvalue weighted by atomic mass is 9.88. The van der Waals surface area contributed by atoms with E-state index >= 15 is 0 Å². The van der Waals surface area contributed by atoms with Crippen molar-refractivity contribution in [2.24, 2.45) is 0 Å². The summed E-state index contributed by atoms with van der Waals surface area (Å²) in [6.07, 6.45) is 7.73. The molecule has 1 aromatic carbocycles. The van der Waals surface area contributed by atoms with Gasteiger partial charge in [-0.15, -0.1) is 0 Å².